The lowest BCUT2D eigenvalue weighted by molar-refractivity contribution is 0.0341. The van der Waals surface area contributed by atoms with E-state index in [1.807, 2.05) is 6.07 Å². The molecule has 0 N–H and O–H groups in total. The minimum atomic E-state index is -3.67. The van der Waals surface area contributed by atoms with Crippen molar-refractivity contribution in [2.24, 2.45) is 0 Å². The fourth-order valence-electron chi connectivity index (χ4n) is 3.55. The lowest BCUT2D eigenvalue weighted by Crippen LogP contribution is -2.35. The number of morpholine rings is 1. The number of halogens is 2. The topological polar surface area (TPSA) is 46.6 Å². The van der Waals surface area contributed by atoms with Crippen molar-refractivity contribution in [1.29, 1.82) is 0 Å². The summed E-state index contributed by atoms with van der Waals surface area (Å²) in [5.74, 6) is -1.29. The molecule has 0 unspecified atom stereocenters. The summed E-state index contributed by atoms with van der Waals surface area (Å²) in [5, 5.41) is 0. The lowest BCUT2D eigenvalue weighted by atomic mass is 10.1. The molecule has 166 valence electrons. The molecule has 4 nitrogen and oxygen atoms in total. The van der Waals surface area contributed by atoms with Crippen LogP contribution in [0.4, 0.5) is 8.78 Å². The Balaban J connectivity index is 1.50. The molecule has 3 aromatic rings. The van der Waals surface area contributed by atoms with Crippen LogP contribution in [0, 0.1) is 11.6 Å². The molecule has 1 aliphatic rings. The van der Waals surface area contributed by atoms with Crippen molar-refractivity contribution in [3.63, 3.8) is 0 Å². The molecule has 32 heavy (non-hydrogen) atoms. The molecule has 0 amide bonds. The number of rotatable bonds is 6. The Hall–Kier alpha value is -2.87. The van der Waals surface area contributed by atoms with E-state index in [1.165, 1.54) is 30.3 Å². The number of hydrogen-bond donors (Lipinski definition) is 0. The Morgan fingerprint density at radius 2 is 1.62 bits per heavy atom. The summed E-state index contributed by atoms with van der Waals surface area (Å²) in [6.07, 6.45) is 3.17. The summed E-state index contributed by atoms with van der Waals surface area (Å²) in [4.78, 5) is 2.67. The predicted molar refractivity (Wildman–Crippen MR) is 120 cm³/mol. The van der Waals surface area contributed by atoms with Crippen LogP contribution in [0.25, 0.3) is 12.2 Å². The Morgan fingerprint density at radius 1 is 0.875 bits per heavy atom. The average Bonchev–Trinajstić information content (AvgIpc) is 2.80. The van der Waals surface area contributed by atoms with E-state index in [9.17, 15) is 17.2 Å². The van der Waals surface area contributed by atoms with E-state index in [4.69, 9.17) is 4.74 Å². The number of ether oxygens (including phenoxy) is 1. The van der Waals surface area contributed by atoms with Crippen LogP contribution < -0.4 is 0 Å². The highest BCUT2D eigenvalue weighted by Gasteiger charge is 2.19. The third kappa shape index (κ3) is 5.30. The van der Waals surface area contributed by atoms with Crippen LogP contribution >= 0.6 is 0 Å². The summed E-state index contributed by atoms with van der Waals surface area (Å²) in [7, 11) is -3.67. The zero-order valence-electron chi connectivity index (χ0n) is 17.4. The largest absolute Gasteiger partial charge is 0.379 e. The molecule has 0 aliphatic carbocycles. The zero-order chi connectivity index (χ0) is 22.6. The monoisotopic (exact) mass is 455 g/mol. The van der Waals surface area contributed by atoms with Gasteiger partial charge in [0.2, 0.25) is 9.84 Å². The quantitative estimate of drug-likeness (QED) is 0.501. The highest BCUT2D eigenvalue weighted by Crippen LogP contribution is 2.23. The summed E-state index contributed by atoms with van der Waals surface area (Å²) in [6.45, 7) is 3.71. The predicted octanol–water partition coefficient (Wildman–Crippen LogP) is 4.80. The van der Waals surface area contributed by atoms with Gasteiger partial charge >= 0.3 is 0 Å². The van der Waals surface area contributed by atoms with Gasteiger partial charge in [0.15, 0.2) is 0 Å². The highest BCUT2D eigenvalue weighted by atomic mass is 32.2. The molecular formula is C25H23F2NO3S. The summed E-state index contributed by atoms with van der Waals surface area (Å²) < 4.78 is 58.4. The first-order valence-corrected chi connectivity index (χ1v) is 11.8. The third-order valence-electron chi connectivity index (χ3n) is 5.33. The van der Waals surface area contributed by atoms with Gasteiger partial charge in [-0.1, -0.05) is 36.4 Å². The second kappa shape index (κ2) is 9.73. The maximum Gasteiger partial charge on any atom is 0.206 e. The van der Waals surface area contributed by atoms with Gasteiger partial charge in [0.1, 0.15) is 11.6 Å². The summed E-state index contributed by atoms with van der Waals surface area (Å²) in [6, 6.07) is 16.7. The molecule has 1 heterocycles. The van der Waals surface area contributed by atoms with Gasteiger partial charge in [-0.25, -0.2) is 17.2 Å². The average molecular weight is 456 g/mol. The third-order valence-corrected chi connectivity index (χ3v) is 7.09. The van der Waals surface area contributed by atoms with E-state index in [2.05, 4.69) is 4.90 Å². The second-order valence-electron chi connectivity index (χ2n) is 7.61. The van der Waals surface area contributed by atoms with Crippen LogP contribution in [0.1, 0.15) is 16.7 Å². The van der Waals surface area contributed by atoms with Gasteiger partial charge in [-0.05, 0) is 47.5 Å². The van der Waals surface area contributed by atoms with Crippen LogP contribution in [-0.4, -0.2) is 39.6 Å². The van der Waals surface area contributed by atoms with Gasteiger partial charge in [0.25, 0.3) is 0 Å². The van der Waals surface area contributed by atoms with Gasteiger partial charge in [-0.3, -0.25) is 4.90 Å². The molecule has 0 radical (unpaired) electrons. The van der Waals surface area contributed by atoms with Crippen molar-refractivity contribution < 1.29 is 21.9 Å². The Kier molecular flexibility index (Phi) is 6.79. The molecule has 0 spiro atoms. The minimum Gasteiger partial charge on any atom is -0.379 e. The first-order chi connectivity index (χ1) is 15.4. The second-order valence-corrected chi connectivity index (χ2v) is 9.56. The summed E-state index contributed by atoms with van der Waals surface area (Å²) >= 11 is 0. The Bertz CT molecular complexity index is 1220. The molecule has 0 atom stereocenters. The normalized spacial score (nSPS) is 15.3. The van der Waals surface area contributed by atoms with Crippen molar-refractivity contribution in [2.75, 3.05) is 26.3 Å². The molecule has 3 aromatic carbocycles. The fourth-order valence-corrected chi connectivity index (χ4v) is 4.88. The number of nitrogens with zero attached hydrogens (tertiary/aromatic N) is 1. The van der Waals surface area contributed by atoms with Crippen LogP contribution in [0.15, 0.2) is 76.5 Å². The van der Waals surface area contributed by atoms with Gasteiger partial charge in [-0.2, -0.15) is 0 Å². The van der Waals surface area contributed by atoms with E-state index >= 15 is 0 Å². The molecule has 4 rings (SSSR count). The molecular weight excluding hydrogens is 432 g/mol. The molecule has 0 aromatic heterocycles. The molecule has 1 fully saturated rings. The van der Waals surface area contributed by atoms with Crippen LogP contribution in [0.2, 0.25) is 0 Å². The van der Waals surface area contributed by atoms with Crippen molar-refractivity contribution in [3.05, 3.63) is 95.1 Å². The molecule has 7 heteroatoms. The van der Waals surface area contributed by atoms with E-state index in [1.54, 1.807) is 36.4 Å². The Labute approximate surface area is 186 Å². The van der Waals surface area contributed by atoms with Crippen molar-refractivity contribution >= 4 is 22.0 Å². The van der Waals surface area contributed by atoms with Gasteiger partial charge in [0.05, 0.1) is 23.0 Å². The highest BCUT2D eigenvalue weighted by molar-refractivity contribution is 7.91. The van der Waals surface area contributed by atoms with Crippen LogP contribution in [-0.2, 0) is 21.1 Å². The SMILES string of the molecule is O=S(=O)(c1ccc(C=Cc2ccc(F)cc2F)cc1)c1cccc(CN2CCOCC2)c1. The first-order valence-electron chi connectivity index (χ1n) is 10.3. The van der Waals surface area contributed by atoms with Crippen LogP contribution in [0.3, 0.4) is 0 Å². The number of hydrogen-bond acceptors (Lipinski definition) is 4. The van der Waals surface area contributed by atoms with Gasteiger partial charge in [0, 0.05) is 31.3 Å². The minimum absolute atomic E-state index is 0.186. The van der Waals surface area contributed by atoms with Gasteiger partial charge < -0.3 is 4.74 Å². The maximum absolute atomic E-state index is 13.8. The Morgan fingerprint density at radius 3 is 2.34 bits per heavy atom. The molecule has 0 bridgehead atoms. The van der Waals surface area contributed by atoms with Crippen LogP contribution in [0.5, 0.6) is 0 Å². The van der Waals surface area contributed by atoms with Crippen molar-refractivity contribution in [2.45, 2.75) is 16.3 Å². The van der Waals surface area contributed by atoms with Crippen molar-refractivity contribution in [1.82, 2.24) is 4.90 Å². The molecule has 1 saturated heterocycles. The fraction of sp³-hybridized carbons (Fsp3) is 0.200. The van der Waals surface area contributed by atoms with Gasteiger partial charge in [-0.15, -0.1) is 0 Å². The zero-order valence-corrected chi connectivity index (χ0v) is 18.2. The summed E-state index contributed by atoms with van der Waals surface area (Å²) in [5.41, 5.74) is 1.89. The van der Waals surface area contributed by atoms with E-state index in [-0.39, 0.29) is 15.4 Å². The smallest absolute Gasteiger partial charge is 0.206 e. The standard InChI is InChI=1S/C25H23F2NO3S/c26-22-9-8-21(25(27)17-22)7-4-19-5-10-23(11-6-19)32(29,30)24-3-1-2-20(16-24)18-28-12-14-31-15-13-28/h1-11,16-17H,12-15,18H2. The number of benzene rings is 3. The first kappa shape index (κ1) is 22.3. The van der Waals surface area contributed by atoms with E-state index in [0.29, 0.717) is 25.3 Å². The molecule has 1 aliphatic heterocycles. The van der Waals surface area contributed by atoms with E-state index < -0.39 is 21.5 Å². The molecule has 0 saturated carbocycles. The maximum atomic E-state index is 13.8. The lowest BCUT2D eigenvalue weighted by Gasteiger charge is -2.26. The van der Waals surface area contributed by atoms with Crippen molar-refractivity contribution in [3.8, 4) is 0 Å². The number of sulfone groups is 1. The van der Waals surface area contributed by atoms with E-state index in [0.717, 1.165) is 24.7 Å².